The molecule has 0 spiro atoms. The molecule has 1 unspecified atom stereocenters. The largest absolute Gasteiger partial charge is 0.380 e. The first-order valence-electron chi connectivity index (χ1n) is 7.80. The van der Waals surface area contributed by atoms with Crippen LogP contribution in [-0.2, 0) is 13.0 Å². The van der Waals surface area contributed by atoms with Gasteiger partial charge in [0.05, 0.1) is 11.5 Å². The lowest BCUT2D eigenvalue weighted by Gasteiger charge is -2.25. The van der Waals surface area contributed by atoms with Crippen LogP contribution in [0, 0.1) is 17.0 Å². The first-order chi connectivity index (χ1) is 11.6. The Hall–Kier alpha value is -3.03. The van der Waals surface area contributed by atoms with E-state index in [9.17, 15) is 10.1 Å². The number of aromatic nitrogens is 4. The average molecular weight is 324 g/mol. The van der Waals surface area contributed by atoms with Crippen LogP contribution in [0.2, 0.25) is 0 Å². The molecule has 3 heterocycles. The maximum Gasteiger partial charge on any atom is 0.295 e. The van der Waals surface area contributed by atoms with E-state index in [0.717, 1.165) is 42.0 Å². The highest BCUT2D eigenvalue weighted by Gasteiger charge is 2.22. The third kappa shape index (κ3) is 2.45. The molecule has 1 atom stereocenters. The molecule has 3 aromatic rings. The second-order valence-corrected chi connectivity index (χ2v) is 5.98. The summed E-state index contributed by atoms with van der Waals surface area (Å²) in [6.45, 7) is 2.57. The minimum absolute atomic E-state index is 0.0291. The van der Waals surface area contributed by atoms with Gasteiger partial charge in [-0.15, -0.1) is 0 Å². The molecule has 1 N–H and O–H groups in total. The Morgan fingerprint density at radius 2 is 2.29 bits per heavy atom. The minimum Gasteiger partial charge on any atom is -0.380 e. The number of fused-ring (bicyclic) bond motifs is 2. The van der Waals surface area contributed by atoms with Gasteiger partial charge in [0, 0.05) is 35.3 Å². The van der Waals surface area contributed by atoms with Gasteiger partial charge >= 0.3 is 0 Å². The lowest BCUT2D eigenvalue weighted by atomic mass is 10.1. The molecular weight excluding hydrogens is 308 g/mol. The maximum atomic E-state index is 11.3. The second-order valence-electron chi connectivity index (χ2n) is 5.98. The van der Waals surface area contributed by atoms with E-state index >= 15 is 0 Å². The lowest BCUT2D eigenvalue weighted by Crippen LogP contribution is -2.32. The summed E-state index contributed by atoms with van der Waals surface area (Å²) in [6, 6.07) is 7.17. The molecular formula is C16H16N6O2. The van der Waals surface area contributed by atoms with Crippen molar-refractivity contribution >= 4 is 22.3 Å². The highest BCUT2D eigenvalue weighted by molar-refractivity contribution is 5.96. The van der Waals surface area contributed by atoms with Crippen molar-refractivity contribution < 1.29 is 4.92 Å². The highest BCUT2D eigenvalue weighted by atomic mass is 16.6. The zero-order chi connectivity index (χ0) is 16.7. The topological polar surface area (TPSA) is 98.8 Å². The molecule has 1 aliphatic rings. The fraction of sp³-hybridized carbons (Fsp3) is 0.312. The minimum atomic E-state index is -0.388. The van der Waals surface area contributed by atoms with E-state index in [4.69, 9.17) is 0 Å². The van der Waals surface area contributed by atoms with E-state index in [1.807, 2.05) is 23.7 Å². The fourth-order valence-electron chi connectivity index (χ4n) is 3.20. The highest BCUT2D eigenvalue weighted by Crippen LogP contribution is 2.31. The number of nitrogens with one attached hydrogen (secondary N) is 1. The standard InChI is InChI=1S/C16H16N6O2/c1-10-7-13(12-3-2-4-14(22(23)24)16(12)19-10)20-11-5-6-15-17-9-18-21(15)8-11/h2-4,7,9,11H,5-6,8H2,1H3,(H,19,20). The fourth-order valence-corrected chi connectivity index (χ4v) is 3.20. The van der Waals surface area contributed by atoms with Crippen LogP contribution in [0.25, 0.3) is 10.9 Å². The number of rotatable bonds is 3. The molecule has 4 rings (SSSR count). The first kappa shape index (κ1) is 14.6. The van der Waals surface area contributed by atoms with E-state index in [2.05, 4.69) is 20.4 Å². The van der Waals surface area contributed by atoms with Crippen LogP contribution < -0.4 is 5.32 Å². The number of hydrogen-bond acceptors (Lipinski definition) is 6. The molecule has 1 aromatic carbocycles. The van der Waals surface area contributed by atoms with E-state index in [1.54, 1.807) is 12.4 Å². The molecule has 0 aliphatic carbocycles. The number of nitrogens with zero attached hydrogens (tertiary/aromatic N) is 5. The Labute approximate surface area is 137 Å². The van der Waals surface area contributed by atoms with Crippen molar-refractivity contribution in [3.63, 3.8) is 0 Å². The van der Waals surface area contributed by atoms with Crippen LogP contribution in [0.3, 0.4) is 0 Å². The van der Waals surface area contributed by atoms with Crippen molar-refractivity contribution in [2.24, 2.45) is 0 Å². The van der Waals surface area contributed by atoms with E-state index in [-0.39, 0.29) is 16.7 Å². The Bertz CT molecular complexity index is 935. The molecule has 0 fully saturated rings. The van der Waals surface area contributed by atoms with Crippen molar-refractivity contribution in [2.75, 3.05) is 5.32 Å². The number of pyridine rings is 1. The van der Waals surface area contributed by atoms with Gasteiger partial charge in [-0.25, -0.2) is 14.6 Å². The van der Waals surface area contributed by atoms with Crippen LogP contribution >= 0.6 is 0 Å². The zero-order valence-corrected chi connectivity index (χ0v) is 13.1. The summed E-state index contributed by atoms with van der Waals surface area (Å²) in [5.41, 5.74) is 2.06. The first-order valence-corrected chi connectivity index (χ1v) is 7.80. The Morgan fingerprint density at radius 3 is 3.12 bits per heavy atom. The summed E-state index contributed by atoms with van der Waals surface area (Å²) in [4.78, 5) is 19.5. The number of anilines is 1. The third-order valence-corrected chi connectivity index (χ3v) is 4.31. The monoisotopic (exact) mass is 324 g/mol. The Kier molecular flexibility index (Phi) is 3.37. The lowest BCUT2D eigenvalue weighted by molar-refractivity contribution is -0.383. The predicted octanol–water partition coefficient (Wildman–Crippen LogP) is 2.47. The molecule has 8 nitrogen and oxygen atoms in total. The van der Waals surface area contributed by atoms with Gasteiger partial charge in [-0.1, -0.05) is 12.1 Å². The van der Waals surface area contributed by atoms with Gasteiger partial charge in [0.15, 0.2) is 5.52 Å². The van der Waals surface area contributed by atoms with Crippen LogP contribution in [0.15, 0.2) is 30.6 Å². The van der Waals surface area contributed by atoms with Crippen molar-refractivity contribution in [1.82, 2.24) is 19.7 Å². The molecule has 0 saturated heterocycles. The van der Waals surface area contributed by atoms with Crippen molar-refractivity contribution in [1.29, 1.82) is 0 Å². The van der Waals surface area contributed by atoms with E-state index in [1.165, 1.54) is 6.07 Å². The SMILES string of the molecule is Cc1cc(NC2CCc3ncnn3C2)c2cccc([N+](=O)[O-])c2n1. The number of non-ortho nitro benzene ring substituents is 1. The van der Waals surface area contributed by atoms with Gasteiger partial charge in [-0.2, -0.15) is 5.10 Å². The van der Waals surface area contributed by atoms with Crippen molar-refractivity contribution in [3.8, 4) is 0 Å². The molecule has 2 aromatic heterocycles. The van der Waals surface area contributed by atoms with Crippen LogP contribution in [0.5, 0.6) is 0 Å². The molecule has 0 amide bonds. The molecule has 8 heteroatoms. The summed E-state index contributed by atoms with van der Waals surface area (Å²) in [7, 11) is 0. The van der Waals surface area contributed by atoms with Crippen LogP contribution in [-0.4, -0.2) is 30.7 Å². The zero-order valence-electron chi connectivity index (χ0n) is 13.1. The predicted molar refractivity (Wildman–Crippen MR) is 88.9 cm³/mol. The van der Waals surface area contributed by atoms with E-state index in [0.29, 0.717) is 5.52 Å². The summed E-state index contributed by atoms with van der Waals surface area (Å²) >= 11 is 0. The smallest absolute Gasteiger partial charge is 0.295 e. The van der Waals surface area contributed by atoms with Crippen LogP contribution in [0.1, 0.15) is 17.9 Å². The summed E-state index contributed by atoms with van der Waals surface area (Å²) in [5.74, 6) is 0.999. The molecule has 0 bridgehead atoms. The maximum absolute atomic E-state index is 11.3. The average Bonchev–Trinajstić information content (AvgIpc) is 3.01. The quantitative estimate of drug-likeness (QED) is 0.587. The molecule has 122 valence electrons. The van der Waals surface area contributed by atoms with Gasteiger partial charge in [-0.05, 0) is 19.4 Å². The Morgan fingerprint density at radius 1 is 1.42 bits per heavy atom. The second kappa shape index (κ2) is 5.55. The summed E-state index contributed by atoms with van der Waals surface area (Å²) in [5, 5.41) is 19.8. The van der Waals surface area contributed by atoms with Gasteiger partial charge in [-0.3, -0.25) is 10.1 Å². The number of nitro benzene ring substituents is 1. The van der Waals surface area contributed by atoms with Crippen LogP contribution in [0.4, 0.5) is 11.4 Å². The number of aryl methyl sites for hydroxylation is 2. The number of para-hydroxylation sites is 1. The molecule has 1 aliphatic heterocycles. The van der Waals surface area contributed by atoms with E-state index < -0.39 is 0 Å². The molecule has 0 saturated carbocycles. The normalized spacial score (nSPS) is 16.8. The summed E-state index contributed by atoms with van der Waals surface area (Å²) < 4.78 is 1.90. The molecule has 0 radical (unpaired) electrons. The Balaban J connectivity index is 1.72. The van der Waals surface area contributed by atoms with Gasteiger partial charge in [0.25, 0.3) is 5.69 Å². The number of benzene rings is 1. The van der Waals surface area contributed by atoms with Gasteiger partial charge in [0.2, 0.25) is 0 Å². The van der Waals surface area contributed by atoms with Gasteiger partial charge < -0.3 is 5.32 Å². The number of hydrogen-bond donors (Lipinski definition) is 1. The molecule has 24 heavy (non-hydrogen) atoms. The van der Waals surface area contributed by atoms with Gasteiger partial charge in [0.1, 0.15) is 12.2 Å². The number of nitro groups is 1. The summed E-state index contributed by atoms with van der Waals surface area (Å²) in [6.07, 6.45) is 3.38. The van der Waals surface area contributed by atoms with Crippen molar-refractivity contribution in [2.45, 2.75) is 32.4 Å². The third-order valence-electron chi connectivity index (χ3n) is 4.31. The van der Waals surface area contributed by atoms with Crippen molar-refractivity contribution in [3.05, 3.63) is 52.2 Å².